The standard InChI is InChI=1S/C20H26N2O/c1-5-22-14(2)13-18(15(22)3)20(23)21(4)19-12-8-10-16-9-6-7-11-17(16)19/h6-7,9,11,13,19H,5,8,10,12H2,1-4H3/t19-/m0/s1. The molecule has 2 aromatic rings. The first-order valence-electron chi connectivity index (χ1n) is 8.56. The zero-order valence-corrected chi connectivity index (χ0v) is 14.6. The quantitative estimate of drug-likeness (QED) is 0.831. The molecule has 122 valence electrons. The highest BCUT2D eigenvalue weighted by Gasteiger charge is 2.28. The third-order valence-electron chi connectivity index (χ3n) is 5.25. The molecule has 0 fully saturated rings. The monoisotopic (exact) mass is 310 g/mol. The van der Waals surface area contributed by atoms with E-state index in [1.807, 2.05) is 24.9 Å². The number of hydrogen-bond donors (Lipinski definition) is 0. The van der Waals surface area contributed by atoms with Gasteiger partial charge >= 0.3 is 0 Å². The maximum Gasteiger partial charge on any atom is 0.255 e. The normalized spacial score (nSPS) is 17.0. The summed E-state index contributed by atoms with van der Waals surface area (Å²) >= 11 is 0. The molecule has 0 aliphatic heterocycles. The number of aryl methyl sites for hydroxylation is 2. The molecule has 0 saturated heterocycles. The van der Waals surface area contributed by atoms with Gasteiger partial charge in [-0.15, -0.1) is 0 Å². The van der Waals surface area contributed by atoms with Gasteiger partial charge in [-0.3, -0.25) is 4.79 Å². The van der Waals surface area contributed by atoms with Crippen LogP contribution in [0.5, 0.6) is 0 Å². The first-order chi connectivity index (χ1) is 11.0. The highest BCUT2D eigenvalue weighted by Crippen LogP contribution is 2.34. The van der Waals surface area contributed by atoms with Crippen LogP contribution in [0.3, 0.4) is 0 Å². The molecule has 23 heavy (non-hydrogen) atoms. The van der Waals surface area contributed by atoms with Crippen molar-refractivity contribution in [1.82, 2.24) is 9.47 Å². The number of carbonyl (C=O) groups is 1. The number of carbonyl (C=O) groups excluding carboxylic acids is 1. The zero-order valence-electron chi connectivity index (χ0n) is 14.6. The molecule has 0 radical (unpaired) electrons. The second-order valence-electron chi connectivity index (χ2n) is 6.55. The van der Waals surface area contributed by atoms with Gasteiger partial charge in [-0.25, -0.2) is 0 Å². The molecule has 0 spiro atoms. The first kappa shape index (κ1) is 15.9. The molecule has 0 N–H and O–H groups in total. The van der Waals surface area contributed by atoms with Gasteiger partial charge in [0.25, 0.3) is 5.91 Å². The number of nitrogens with zero attached hydrogens (tertiary/aromatic N) is 2. The topological polar surface area (TPSA) is 25.2 Å². The van der Waals surface area contributed by atoms with Gasteiger partial charge in [0.1, 0.15) is 0 Å². The predicted octanol–water partition coefficient (Wildman–Crippen LogP) is 4.27. The Hall–Kier alpha value is -2.03. The average Bonchev–Trinajstić information content (AvgIpc) is 2.86. The second-order valence-corrected chi connectivity index (χ2v) is 6.55. The Morgan fingerprint density at radius 3 is 2.74 bits per heavy atom. The fourth-order valence-corrected chi connectivity index (χ4v) is 3.97. The molecule has 1 heterocycles. The number of amides is 1. The Labute approximate surface area is 138 Å². The van der Waals surface area contributed by atoms with E-state index in [2.05, 4.69) is 42.7 Å². The SMILES string of the molecule is CCn1c(C)cc(C(=O)N(C)[C@H]2CCCc3ccccc32)c1C. The van der Waals surface area contributed by atoms with Crippen LogP contribution in [-0.2, 0) is 13.0 Å². The third kappa shape index (κ3) is 2.69. The second kappa shape index (κ2) is 6.23. The Morgan fingerprint density at radius 1 is 1.30 bits per heavy atom. The summed E-state index contributed by atoms with van der Waals surface area (Å²) in [4.78, 5) is 15.0. The molecule has 3 rings (SSSR count). The van der Waals surface area contributed by atoms with Gasteiger partial charge in [-0.2, -0.15) is 0 Å². The highest BCUT2D eigenvalue weighted by molar-refractivity contribution is 5.95. The van der Waals surface area contributed by atoms with E-state index < -0.39 is 0 Å². The number of benzene rings is 1. The van der Waals surface area contributed by atoms with Gasteiger partial charge in [0.15, 0.2) is 0 Å². The molecule has 1 atom stereocenters. The van der Waals surface area contributed by atoms with E-state index in [-0.39, 0.29) is 11.9 Å². The van der Waals surface area contributed by atoms with E-state index in [1.54, 1.807) is 0 Å². The van der Waals surface area contributed by atoms with Crippen LogP contribution < -0.4 is 0 Å². The third-order valence-corrected chi connectivity index (χ3v) is 5.25. The predicted molar refractivity (Wildman–Crippen MR) is 93.8 cm³/mol. The molecular weight excluding hydrogens is 284 g/mol. The van der Waals surface area contributed by atoms with Crippen molar-refractivity contribution >= 4 is 5.91 Å². The lowest BCUT2D eigenvalue weighted by Gasteiger charge is -2.33. The zero-order chi connectivity index (χ0) is 16.6. The van der Waals surface area contributed by atoms with Gasteiger partial charge < -0.3 is 9.47 Å². The first-order valence-corrected chi connectivity index (χ1v) is 8.56. The van der Waals surface area contributed by atoms with E-state index in [1.165, 1.54) is 11.1 Å². The van der Waals surface area contributed by atoms with Crippen molar-refractivity contribution in [2.45, 2.75) is 52.6 Å². The molecule has 1 aromatic heterocycles. The minimum atomic E-state index is 0.138. The lowest BCUT2D eigenvalue weighted by molar-refractivity contribution is 0.0714. The summed E-state index contributed by atoms with van der Waals surface area (Å²) in [6, 6.07) is 10.8. The lowest BCUT2D eigenvalue weighted by Crippen LogP contribution is -2.33. The minimum absolute atomic E-state index is 0.138. The van der Waals surface area contributed by atoms with Crippen LogP contribution in [0, 0.1) is 13.8 Å². The maximum atomic E-state index is 13.1. The van der Waals surface area contributed by atoms with Gasteiger partial charge in [-0.05, 0) is 57.2 Å². The van der Waals surface area contributed by atoms with Crippen LogP contribution in [-0.4, -0.2) is 22.4 Å². The fourth-order valence-electron chi connectivity index (χ4n) is 3.97. The summed E-state index contributed by atoms with van der Waals surface area (Å²) in [6.07, 6.45) is 3.32. The molecule has 1 aliphatic carbocycles. The number of fused-ring (bicyclic) bond motifs is 1. The highest BCUT2D eigenvalue weighted by atomic mass is 16.2. The molecule has 0 unspecified atom stereocenters. The van der Waals surface area contributed by atoms with Crippen molar-refractivity contribution in [2.75, 3.05) is 7.05 Å². The summed E-state index contributed by atoms with van der Waals surface area (Å²) in [5.74, 6) is 0.138. The van der Waals surface area contributed by atoms with Gasteiger partial charge in [0.2, 0.25) is 0 Å². The summed E-state index contributed by atoms with van der Waals surface area (Å²) in [7, 11) is 1.95. The molecule has 3 nitrogen and oxygen atoms in total. The lowest BCUT2D eigenvalue weighted by atomic mass is 9.87. The van der Waals surface area contributed by atoms with E-state index in [9.17, 15) is 4.79 Å². The summed E-state index contributed by atoms with van der Waals surface area (Å²) in [5.41, 5.74) is 5.79. The smallest absolute Gasteiger partial charge is 0.255 e. The van der Waals surface area contributed by atoms with Crippen molar-refractivity contribution in [2.24, 2.45) is 0 Å². The van der Waals surface area contributed by atoms with Crippen molar-refractivity contribution < 1.29 is 4.79 Å². The number of hydrogen-bond acceptors (Lipinski definition) is 1. The average molecular weight is 310 g/mol. The van der Waals surface area contributed by atoms with Crippen molar-refractivity contribution in [1.29, 1.82) is 0 Å². The Kier molecular flexibility index (Phi) is 4.29. The van der Waals surface area contributed by atoms with Crippen LogP contribution in [0.4, 0.5) is 0 Å². The van der Waals surface area contributed by atoms with Gasteiger partial charge in [0.05, 0.1) is 11.6 Å². The summed E-state index contributed by atoms with van der Waals surface area (Å²) < 4.78 is 2.20. The fraction of sp³-hybridized carbons (Fsp3) is 0.450. The van der Waals surface area contributed by atoms with Crippen LogP contribution in [0.2, 0.25) is 0 Å². The van der Waals surface area contributed by atoms with Crippen molar-refractivity contribution in [3.05, 3.63) is 58.4 Å². The largest absolute Gasteiger partial charge is 0.349 e. The molecule has 3 heteroatoms. The Balaban J connectivity index is 1.92. The molecule has 1 aliphatic rings. The molecule has 1 amide bonds. The molecule has 0 saturated carbocycles. The summed E-state index contributed by atoms with van der Waals surface area (Å²) in [6.45, 7) is 7.14. The van der Waals surface area contributed by atoms with E-state index in [4.69, 9.17) is 0 Å². The van der Waals surface area contributed by atoms with Gasteiger partial charge in [0, 0.05) is 25.0 Å². The molecule has 1 aromatic carbocycles. The van der Waals surface area contributed by atoms with Crippen molar-refractivity contribution in [3.8, 4) is 0 Å². The van der Waals surface area contributed by atoms with E-state index in [0.717, 1.165) is 42.8 Å². The van der Waals surface area contributed by atoms with Crippen LogP contribution in [0.25, 0.3) is 0 Å². The molecular formula is C20H26N2O. The minimum Gasteiger partial charge on any atom is -0.349 e. The number of rotatable bonds is 3. The number of aromatic nitrogens is 1. The van der Waals surface area contributed by atoms with Crippen LogP contribution in [0.1, 0.15) is 58.7 Å². The summed E-state index contributed by atoms with van der Waals surface area (Å²) in [5, 5.41) is 0. The van der Waals surface area contributed by atoms with Crippen LogP contribution in [0.15, 0.2) is 30.3 Å². The Bertz CT molecular complexity index is 729. The Morgan fingerprint density at radius 2 is 2.04 bits per heavy atom. The van der Waals surface area contributed by atoms with E-state index in [0.29, 0.717) is 0 Å². The maximum absolute atomic E-state index is 13.1. The molecule has 0 bridgehead atoms. The van der Waals surface area contributed by atoms with E-state index >= 15 is 0 Å². The van der Waals surface area contributed by atoms with Crippen molar-refractivity contribution in [3.63, 3.8) is 0 Å². The van der Waals surface area contributed by atoms with Crippen LogP contribution >= 0.6 is 0 Å². The van der Waals surface area contributed by atoms with Gasteiger partial charge in [-0.1, -0.05) is 24.3 Å².